The molecule has 1 saturated heterocycles. The number of hydrogen-bond acceptors (Lipinski definition) is 8. The zero-order valence-corrected chi connectivity index (χ0v) is 25.8. The van der Waals surface area contributed by atoms with Gasteiger partial charge in [0.1, 0.15) is 11.5 Å². The molecule has 5 rings (SSSR count). The van der Waals surface area contributed by atoms with Crippen LogP contribution >= 0.6 is 0 Å². The average molecular weight is 605 g/mol. The Morgan fingerprint density at radius 3 is 2.57 bits per heavy atom. The lowest BCUT2D eigenvalue weighted by molar-refractivity contribution is -0.140. The van der Waals surface area contributed by atoms with Crippen LogP contribution in [0.1, 0.15) is 92.9 Å². The smallest absolute Gasteiger partial charge is 0.306 e. The van der Waals surface area contributed by atoms with Crippen LogP contribution in [-0.4, -0.2) is 47.3 Å². The molecule has 1 aromatic carbocycles. The zero-order valence-electron chi connectivity index (χ0n) is 25.8. The van der Waals surface area contributed by atoms with Crippen LogP contribution in [0.3, 0.4) is 0 Å². The molecule has 9 nitrogen and oxygen atoms in total. The Hall–Kier alpha value is -3.85. The van der Waals surface area contributed by atoms with E-state index in [1.54, 1.807) is 6.07 Å². The van der Waals surface area contributed by atoms with Gasteiger partial charge >= 0.3 is 5.97 Å². The summed E-state index contributed by atoms with van der Waals surface area (Å²) in [6, 6.07) is 14.1. The minimum absolute atomic E-state index is 0.0360. The first-order valence-electron chi connectivity index (χ1n) is 15.9. The first kappa shape index (κ1) is 31.6. The van der Waals surface area contributed by atoms with Gasteiger partial charge in [0.15, 0.2) is 5.76 Å². The second-order valence-electron chi connectivity index (χ2n) is 12.2. The van der Waals surface area contributed by atoms with Gasteiger partial charge in [-0.05, 0) is 42.5 Å². The highest BCUT2D eigenvalue weighted by Crippen LogP contribution is 2.37. The maximum absolute atomic E-state index is 13.0. The summed E-state index contributed by atoms with van der Waals surface area (Å²) in [4.78, 5) is 40.1. The lowest BCUT2D eigenvalue weighted by Crippen LogP contribution is -2.46. The van der Waals surface area contributed by atoms with Gasteiger partial charge in [-0.1, -0.05) is 57.2 Å². The SMILES string of the molecule is CCCCCCCCOc1ccc(C(CC(=O)OC)c2oc(CN3CC4CC(C3)c3cccc(=O)n3C4)cc(=O)c2O)cc1. The monoisotopic (exact) mass is 604 g/mol. The Labute approximate surface area is 258 Å². The van der Waals surface area contributed by atoms with Crippen LogP contribution < -0.4 is 15.7 Å². The van der Waals surface area contributed by atoms with E-state index < -0.39 is 23.1 Å². The summed E-state index contributed by atoms with van der Waals surface area (Å²) >= 11 is 0. The van der Waals surface area contributed by atoms with E-state index in [1.807, 2.05) is 41.0 Å². The Kier molecular flexibility index (Phi) is 10.6. The van der Waals surface area contributed by atoms with Crippen LogP contribution in [-0.2, 0) is 22.6 Å². The van der Waals surface area contributed by atoms with E-state index >= 15 is 0 Å². The van der Waals surface area contributed by atoms with Crippen molar-refractivity contribution in [2.45, 2.75) is 83.2 Å². The molecule has 4 heterocycles. The van der Waals surface area contributed by atoms with E-state index in [1.165, 1.54) is 38.9 Å². The lowest BCUT2D eigenvalue weighted by Gasteiger charge is -2.42. The second kappa shape index (κ2) is 14.8. The Morgan fingerprint density at radius 2 is 1.80 bits per heavy atom. The number of pyridine rings is 1. The fourth-order valence-corrected chi connectivity index (χ4v) is 6.69. The quantitative estimate of drug-likeness (QED) is 0.188. The van der Waals surface area contributed by atoms with Gasteiger partial charge in [-0.2, -0.15) is 0 Å². The van der Waals surface area contributed by atoms with E-state index in [9.17, 15) is 19.5 Å². The number of hydrogen-bond donors (Lipinski definition) is 1. The van der Waals surface area contributed by atoms with Gasteiger partial charge in [-0.3, -0.25) is 19.3 Å². The fourth-order valence-electron chi connectivity index (χ4n) is 6.69. The molecule has 3 aromatic rings. The second-order valence-corrected chi connectivity index (χ2v) is 12.2. The van der Waals surface area contributed by atoms with Gasteiger partial charge in [-0.25, -0.2) is 0 Å². The predicted octanol–water partition coefficient (Wildman–Crippen LogP) is 5.56. The van der Waals surface area contributed by atoms with Gasteiger partial charge in [0.25, 0.3) is 5.56 Å². The summed E-state index contributed by atoms with van der Waals surface area (Å²) in [5.74, 6) is 0.0144. The van der Waals surface area contributed by atoms with Gasteiger partial charge in [-0.15, -0.1) is 0 Å². The molecule has 0 amide bonds. The van der Waals surface area contributed by atoms with E-state index in [0.717, 1.165) is 43.8 Å². The van der Waals surface area contributed by atoms with Crippen LogP contribution in [0.2, 0.25) is 0 Å². The molecule has 1 N–H and O–H groups in total. The number of rotatable bonds is 14. The van der Waals surface area contributed by atoms with Crippen molar-refractivity contribution in [1.82, 2.24) is 9.47 Å². The number of methoxy groups -OCH3 is 1. The normalized spacial score (nSPS) is 18.4. The van der Waals surface area contributed by atoms with E-state index in [-0.39, 0.29) is 23.7 Å². The van der Waals surface area contributed by atoms with Gasteiger partial charge in [0.2, 0.25) is 11.2 Å². The molecule has 3 unspecified atom stereocenters. The average Bonchev–Trinajstić information content (AvgIpc) is 3.02. The van der Waals surface area contributed by atoms with Crippen LogP contribution in [0.4, 0.5) is 0 Å². The maximum atomic E-state index is 13.0. The number of likely N-dealkylation sites (tertiary alicyclic amines) is 1. The first-order chi connectivity index (χ1) is 21.4. The summed E-state index contributed by atoms with van der Waals surface area (Å²) in [6.45, 7) is 5.39. The molecule has 236 valence electrons. The molecular weight excluding hydrogens is 560 g/mol. The third-order valence-electron chi connectivity index (χ3n) is 8.90. The summed E-state index contributed by atoms with van der Waals surface area (Å²) in [7, 11) is 1.31. The van der Waals surface area contributed by atoms with Crippen LogP contribution in [0, 0.1) is 5.92 Å². The van der Waals surface area contributed by atoms with Crippen molar-refractivity contribution in [2.24, 2.45) is 5.92 Å². The number of fused-ring (bicyclic) bond motifs is 4. The highest BCUT2D eigenvalue weighted by atomic mass is 16.5. The molecule has 1 fully saturated rings. The highest BCUT2D eigenvalue weighted by molar-refractivity contribution is 5.71. The number of unbranched alkanes of at least 4 members (excludes halogenated alkanes) is 5. The molecule has 2 bridgehead atoms. The van der Waals surface area contributed by atoms with Crippen molar-refractivity contribution in [2.75, 3.05) is 26.8 Å². The molecule has 9 heteroatoms. The van der Waals surface area contributed by atoms with Gasteiger partial charge in [0, 0.05) is 43.4 Å². The third-order valence-corrected chi connectivity index (χ3v) is 8.90. The number of esters is 1. The molecule has 0 radical (unpaired) electrons. The van der Waals surface area contributed by atoms with Crippen molar-refractivity contribution in [3.8, 4) is 11.5 Å². The van der Waals surface area contributed by atoms with E-state index in [2.05, 4.69) is 11.8 Å². The number of ether oxygens (including phenoxy) is 2. The number of aromatic hydroxyl groups is 1. The first-order valence-corrected chi connectivity index (χ1v) is 15.9. The molecule has 2 aromatic heterocycles. The minimum Gasteiger partial charge on any atom is -0.502 e. The standard InChI is InChI=1S/C35H44N2O7/c1-3-4-5-6-7-8-16-43-27-14-12-25(13-15-27)29(19-33(40)42-2)35-34(41)31(38)18-28(44-35)23-36-20-24-17-26(22-36)30-10-9-11-32(39)37(30)21-24/h9-15,18,24,26,29,41H,3-8,16-17,19-23H2,1-2H3. The summed E-state index contributed by atoms with van der Waals surface area (Å²) in [5, 5.41) is 10.9. The lowest BCUT2D eigenvalue weighted by atomic mass is 9.83. The molecule has 44 heavy (non-hydrogen) atoms. The molecule has 3 atom stereocenters. The number of aromatic nitrogens is 1. The number of nitrogens with zero attached hydrogens (tertiary/aromatic N) is 2. The molecular formula is C35H44N2O7. The summed E-state index contributed by atoms with van der Waals surface area (Å²) < 4.78 is 19.0. The van der Waals surface area contributed by atoms with Crippen molar-refractivity contribution in [1.29, 1.82) is 0 Å². The number of piperidine rings is 1. The molecule has 0 aliphatic carbocycles. The number of carbonyl (C=O) groups is 1. The van der Waals surface area contributed by atoms with E-state index in [0.29, 0.717) is 36.9 Å². The zero-order chi connectivity index (χ0) is 31.1. The summed E-state index contributed by atoms with van der Waals surface area (Å²) in [5.41, 5.74) is 1.23. The molecule has 2 aliphatic rings. The third kappa shape index (κ3) is 7.62. The number of carbonyl (C=O) groups excluding carboxylic acids is 1. The topological polar surface area (TPSA) is 111 Å². The Morgan fingerprint density at radius 1 is 1.02 bits per heavy atom. The Balaban J connectivity index is 1.31. The van der Waals surface area contributed by atoms with Crippen molar-refractivity contribution >= 4 is 5.97 Å². The van der Waals surface area contributed by atoms with Crippen LogP contribution in [0.5, 0.6) is 11.5 Å². The summed E-state index contributed by atoms with van der Waals surface area (Å²) in [6.07, 6.45) is 8.01. The van der Waals surface area contributed by atoms with Crippen molar-refractivity contribution in [3.05, 3.63) is 91.9 Å². The van der Waals surface area contributed by atoms with Crippen LogP contribution in [0.25, 0.3) is 0 Å². The molecule has 0 saturated carbocycles. The van der Waals surface area contributed by atoms with E-state index in [4.69, 9.17) is 13.9 Å². The van der Waals surface area contributed by atoms with Crippen molar-refractivity contribution < 1.29 is 23.8 Å². The minimum atomic E-state index is -0.720. The van der Waals surface area contributed by atoms with Crippen LogP contribution in [0.15, 0.2) is 62.5 Å². The largest absolute Gasteiger partial charge is 0.502 e. The number of benzene rings is 1. The van der Waals surface area contributed by atoms with Gasteiger partial charge < -0.3 is 23.6 Å². The molecule has 2 aliphatic heterocycles. The predicted molar refractivity (Wildman–Crippen MR) is 167 cm³/mol. The maximum Gasteiger partial charge on any atom is 0.306 e. The Bertz CT molecular complexity index is 1530. The molecule has 0 spiro atoms. The van der Waals surface area contributed by atoms with Crippen molar-refractivity contribution in [3.63, 3.8) is 0 Å². The highest BCUT2D eigenvalue weighted by Gasteiger charge is 2.35. The fraction of sp³-hybridized carbons (Fsp3) is 0.514. The van der Waals surface area contributed by atoms with Gasteiger partial charge in [0.05, 0.1) is 32.6 Å².